The number of rotatable bonds is 2. The van der Waals surface area contributed by atoms with Gasteiger partial charge in [-0.05, 0) is 191 Å². The second-order valence-electron chi connectivity index (χ2n) is 35.7. The third-order valence-corrected chi connectivity index (χ3v) is 19.4. The number of thiazole rings is 2. The number of carbonyl (C=O) groups excluding carboxylic acids is 1. The van der Waals surface area contributed by atoms with Gasteiger partial charge in [0.05, 0.1) is 28.7 Å². The molecule has 0 amide bonds. The number of hydrogen-bond donors (Lipinski definition) is 0. The number of carbonyl (C=O) groups is 1. The fourth-order valence-corrected chi connectivity index (χ4v) is 11.8. The van der Waals surface area contributed by atoms with E-state index in [1.165, 1.54) is 49.7 Å². The Kier molecular flexibility index (Phi) is 38.2. The molecule has 1 aliphatic heterocycles. The molecule has 588 valence electrons. The van der Waals surface area contributed by atoms with E-state index in [-0.39, 0.29) is 60.3 Å². The number of terminal acetylenes is 7. The normalized spacial score (nSPS) is 13.3. The van der Waals surface area contributed by atoms with Gasteiger partial charge in [0.2, 0.25) is 0 Å². The standard InChI is InChI=1S/C10H16O.C9H15N2.C9H14N2.C9H12N2.2C9H11NO.4C9H11NS/c1-10(2,3)8-5-4-6-9(11)7-8;1-5-8-10-6-7-11(8)9(2,3)4;2*1-5-8-6-7-11(10-8)9(2,3)4;1-5-8-10-6-7(11-8)9(2,3)4;1-5-7-6-8(11-10-7)9(2,3)4;1-5-8-10-7(6-11-8)9(2,3)4;1-5-8-10-6-7(11-8)9(2,3)4;1-5-8-7(6-11-10-8)9(2,3)4;1-5-7-6-8(11-10-7)9(2,3)4/h4,6,8H,5,7H2,1-3H3;5,7H,1,6H2,2-4H3;5-7H,1H2,2-4H3;1,6-7H,2-4H3;6*1,6H,2-4H3/q;+1;;;;;;;;. The number of hydrogen-bond acceptors (Lipinski definition) is 16. The molecule has 1 atom stereocenters. The summed E-state index contributed by atoms with van der Waals surface area (Å²) in [6.45, 7) is 71.8. The van der Waals surface area contributed by atoms with Crippen molar-refractivity contribution < 1.29 is 18.3 Å². The van der Waals surface area contributed by atoms with Gasteiger partial charge < -0.3 is 8.94 Å². The Morgan fingerprint density at radius 1 is 0.573 bits per heavy atom. The number of ketones is 1. The molecule has 19 heteroatoms. The van der Waals surface area contributed by atoms with E-state index in [0.29, 0.717) is 23.2 Å². The van der Waals surface area contributed by atoms with Crippen LogP contribution in [-0.4, -0.2) is 82.9 Å². The molecule has 0 N–H and O–H groups in total. The number of amidine groups is 1. The van der Waals surface area contributed by atoms with Crippen LogP contribution >= 0.6 is 45.7 Å². The molecular formula is C91H123N12O3S4+. The summed E-state index contributed by atoms with van der Waals surface area (Å²) in [5.74, 6) is 21.2. The fourth-order valence-electron chi connectivity index (χ4n) is 8.50. The lowest BCUT2D eigenvalue weighted by Crippen LogP contribution is -2.35. The average molecular weight is 1560 g/mol. The molecule has 0 bridgehead atoms. The van der Waals surface area contributed by atoms with Crippen LogP contribution in [0.15, 0.2) is 105 Å². The smallest absolute Gasteiger partial charge is 0.317 e. The van der Waals surface area contributed by atoms with Gasteiger partial charge in [0.25, 0.3) is 5.89 Å². The van der Waals surface area contributed by atoms with Gasteiger partial charge in [0, 0.05) is 79.5 Å². The maximum atomic E-state index is 11.0. The minimum Gasteiger partial charge on any atom is -0.435 e. The van der Waals surface area contributed by atoms with Crippen molar-refractivity contribution in [2.75, 3.05) is 6.54 Å². The van der Waals surface area contributed by atoms with E-state index in [2.05, 4.69) is 276 Å². The Bertz CT molecular complexity index is 4140. The molecule has 8 aromatic heterocycles. The van der Waals surface area contributed by atoms with Gasteiger partial charge in [-0.15, -0.1) is 67.6 Å². The summed E-state index contributed by atoms with van der Waals surface area (Å²) in [5.41, 5.74) is 7.04. The Morgan fingerprint density at radius 2 is 1.14 bits per heavy atom. The Hall–Kier alpha value is -9.49. The van der Waals surface area contributed by atoms with Crippen molar-refractivity contribution in [3.63, 3.8) is 0 Å². The summed E-state index contributed by atoms with van der Waals surface area (Å²) in [4.78, 5) is 30.1. The maximum absolute atomic E-state index is 11.0. The molecule has 15 nitrogen and oxygen atoms in total. The molecule has 0 saturated carbocycles. The largest absolute Gasteiger partial charge is 0.435 e. The van der Waals surface area contributed by atoms with E-state index < -0.39 is 0 Å². The minimum atomic E-state index is -0.0118. The fraction of sp³-hybridized carbons (Fsp3) is 0.484. The topological polar surface area (TPSA) is 172 Å². The summed E-state index contributed by atoms with van der Waals surface area (Å²) < 4.78 is 24.4. The molecular weight excluding hydrogens is 1440 g/mol. The molecule has 0 radical (unpaired) electrons. The third-order valence-electron chi connectivity index (χ3n) is 15.4. The SMILES string of the molecule is C#Cc1cc(C(C)(C)C)on1.C#Cc1cc(C(C)(C)C)sn1.C#Cc1ccn(C(C)(C)C)n1.C#Cc1nc(C(C)(C)C)cs1.C#Cc1ncc(C(C)(C)C)o1.C#Cc1ncc(C(C)(C)C)s1.C#Cc1nscc1C(C)(C)C.C=CC1=NCC=[N+]1C(C)(C)C.C=Cc1ccn(C(C)(C)C)n1.CC(C)(C)C1CC=CC(=O)C1. The van der Waals surface area contributed by atoms with Crippen LogP contribution in [0.3, 0.4) is 0 Å². The van der Waals surface area contributed by atoms with E-state index in [1.54, 1.807) is 41.8 Å². The molecule has 0 saturated heterocycles. The van der Waals surface area contributed by atoms with Crippen LogP contribution in [0, 0.1) is 97.7 Å². The van der Waals surface area contributed by atoms with Crippen molar-refractivity contribution in [1.29, 1.82) is 0 Å². The summed E-state index contributed by atoms with van der Waals surface area (Å²) in [5, 5.41) is 17.8. The lowest BCUT2D eigenvalue weighted by molar-refractivity contribution is -0.482. The number of oxazole rings is 1. The molecule has 1 unspecified atom stereocenters. The zero-order valence-corrected chi connectivity index (χ0v) is 74.8. The average Bonchev–Trinajstić information content (AvgIpc) is 1.70. The van der Waals surface area contributed by atoms with E-state index in [4.69, 9.17) is 53.9 Å². The maximum Gasteiger partial charge on any atom is 0.317 e. The lowest BCUT2D eigenvalue weighted by Gasteiger charge is -2.30. The second-order valence-corrected chi connectivity index (χ2v) is 39.0. The first-order valence-electron chi connectivity index (χ1n) is 36.2. The predicted octanol–water partition coefficient (Wildman–Crippen LogP) is 21.5. The van der Waals surface area contributed by atoms with Crippen LogP contribution in [0.4, 0.5) is 0 Å². The van der Waals surface area contributed by atoms with Crippen LogP contribution in [-0.2, 0) is 48.4 Å². The molecule has 0 spiro atoms. The monoisotopic (exact) mass is 1560 g/mol. The highest BCUT2D eigenvalue weighted by atomic mass is 32.1. The van der Waals surface area contributed by atoms with Gasteiger partial charge in [-0.2, -0.15) is 18.9 Å². The van der Waals surface area contributed by atoms with E-state index in [0.717, 1.165) is 69.5 Å². The summed E-state index contributed by atoms with van der Waals surface area (Å²) in [7, 11) is 0. The van der Waals surface area contributed by atoms with Crippen molar-refractivity contribution in [2.24, 2.45) is 16.3 Å². The van der Waals surface area contributed by atoms with Gasteiger partial charge in [-0.3, -0.25) is 14.2 Å². The highest BCUT2D eigenvalue weighted by Gasteiger charge is 2.30. The first-order chi connectivity index (χ1) is 50.4. The van der Waals surface area contributed by atoms with E-state index >= 15 is 0 Å². The zero-order valence-electron chi connectivity index (χ0n) is 71.5. The van der Waals surface area contributed by atoms with Crippen molar-refractivity contribution in [3.05, 3.63) is 168 Å². The molecule has 10 rings (SSSR count). The first kappa shape index (κ1) is 98.5. The Balaban J connectivity index is 0.000000611. The van der Waals surface area contributed by atoms with Crippen molar-refractivity contribution >= 4 is 69.6 Å². The summed E-state index contributed by atoms with van der Waals surface area (Å²) in [6, 6.07) is 7.56. The Morgan fingerprint density at radius 3 is 1.44 bits per heavy atom. The third kappa shape index (κ3) is 35.9. The molecule has 0 aromatic carbocycles. The van der Waals surface area contributed by atoms with Gasteiger partial charge in [-0.25, -0.2) is 19.5 Å². The molecule has 9 heterocycles. The molecule has 2 aliphatic rings. The van der Waals surface area contributed by atoms with E-state index in [9.17, 15) is 4.79 Å². The molecule has 1 aliphatic carbocycles. The highest BCUT2D eigenvalue weighted by molar-refractivity contribution is 7.12. The quantitative estimate of drug-likeness (QED) is 0.119. The number of allylic oxidation sites excluding steroid dienone is 2. The Labute approximate surface area is 678 Å². The van der Waals surface area contributed by atoms with E-state index in [1.807, 2.05) is 105 Å². The predicted molar refractivity (Wildman–Crippen MR) is 469 cm³/mol. The molecule has 8 aromatic rings. The zero-order chi connectivity index (χ0) is 84.8. The number of nitrogens with zero attached hydrogens (tertiary/aromatic N) is 12. The van der Waals surface area contributed by atoms with Crippen molar-refractivity contribution in [3.8, 4) is 86.4 Å². The van der Waals surface area contributed by atoms with Crippen molar-refractivity contribution in [2.45, 2.75) is 270 Å². The second kappa shape index (κ2) is 42.6. The molecule has 0 fully saturated rings. The van der Waals surface area contributed by atoms with Crippen LogP contribution < -0.4 is 0 Å². The number of aliphatic imine (C=N–C) groups is 1. The van der Waals surface area contributed by atoms with Gasteiger partial charge in [0.15, 0.2) is 28.0 Å². The minimum absolute atomic E-state index is 0.0118. The van der Waals surface area contributed by atoms with Crippen LogP contribution in [0.5, 0.6) is 0 Å². The van der Waals surface area contributed by atoms with Gasteiger partial charge in [-0.1, -0.05) is 175 Å². The van der Waals surface area contributed by atoms with Crippen LogP contribution in [0.2, 0.25) is 0 Å². The number of aromatic nitrogens is 10. The van der Waals surface area contributed by atoms with Gasteiger partial charge >= 0.3 is 5.84 Å². The lowest BCUT2D eigenvalue weighted by atomic mass is 9.74. The first-order valence-corrected chi connectivity index (χ1v) is 39.5. The van der Waals surface area contributed by atoms with Gasteiger partial charge in [0.1, 0.15) is 40.4 Å². The summed E-state index contributed by atoms with van der Waals surface area (Å²) >= 11 is 6.04. The van der Waals surface area contributed by atoms with Crippen LogP contribution in [0.25, 0.3) is 6.08 Å². The van der Waals surface area contributed by atoms with Crippen molar-refractivity contribution in [1.82, 2.24) is 48.4 Å². The van der Waals surface area contributed by atoms with Crippen LogP contribution in [0.1, 0.15) is 297 Å². The molecule has 110 heavy (non-hydrogen) atoms. The highest BCUT2D eigenvalue weighted by Crippen LogP contribution is 2.35. The summed E-state index contributed by atoms with van der Waals surface area (Å²) in [6.07, 6.45) is 54.9.